The topological polar surface area (TPSA) is 99.5 Å². The average Bonchev–Trinajstić information content (AvgIpc) is 3.05. The Morgan fingerprint density at radius 3 is 2.78 bits per heavy atom. The fraction of sp³-hybridized carbons (Fsp3) is 0.571. The molecule has 0 spiro atoms. The van der Waals surface area contributed by atoms with Gasteiger partial charge in [-0.1, -0.05) is 6.42 Å². The third kappa shape index (κ3) is 4.09. The maximum absolute atomic E-state index is 12.7. The summed E-state index contributed by atoms with van der Waals surface area (Å²) in [6.07, 6.45) is 2.67. The number of rotatable bonds is 6. The van der Waals surface area contributed by atoms with E-state index < -0.39 is 22.0 Å². The third-order valence-corrected chi connectivity index (χ3v) is 6.55. The predicted molar refractivity (Wildman–Crippen MR) is 85.7 cm³/mol. The van der Waals surface area contributed by atoms with Crippen LogP contribution in [-0.4, -0.2) is 51.5 Å². The molecule has 1 amide bonds. The summed E-state index contributed by atoms with van der Waals surface area (Å²) in [6.45, 7) is 0.995. The Bertz CT molecular complexity index is 687. The van der Waals surface area contributed by atoms with Crippen molar-refractivity contribution in [2.75, 3.05) is 26.8 Å². The molecule has 0 radical (unpaired) electrons. The average molecular weight is 357 g/mol. The molecule has 23 heavy (non-hydrogen) atoms. The molecule has 1 saturated heterocycles. The lowest BCUT2D eigenvalue weighted by atomic mass is 10.2. The highest BCUT2D eigenvalue weighted by atomic mass is 32.2. The summed E-state index contributed by atoms with van der Waals surface area (Å²) in [5.41, 5.74) is 0. The van der Waals surface area contributed by atoms with Gasteiger partial charge in [-0.2, -0.15) is 9.57 Å². The first-order valence-corrected chi connectivity index (χ1v) is 9.59. The Kier molecular flexibility index (Phi) is 6.12. The number of carbonyl (C=O) groups is 1. The first-order chi connectivity index (χ1) is 11.0. The molecule has 9 heteroatoms. The molecule has 0 bridgehead atoms. The van der Waals surface area contributed by atoms with Gasteiger partial charge in [0, 0.05) is 20.2 Å². The SMILES string of the molecule is COC[C@H](C#N)NC(=O)c1sccc1S(=O)(=O)N1CCCCC1. The van der Waals surface area contributed by atoms with Crippen LogP contribution in [0.25, 0.3) is 0 Å². The van der Waals surface area contributed by atoms with Gasteiger partial charge in [-0.15, -0.1) is 11.3 Å². The van der Waals surface area contributed by atoms with Crippen molar-refractivity contribution in [1.82, 2.24) is 9.62 Å². The minimum absolute atomic E-state index is 0.0102. The number of amides is 1. The van der Waals surface area contributed by atoms with E-state index in [1.54, 1.807) is 5.38 Å². The van der Waals surface area contributed by atoms with Crippen LogP contribution in [0, 0.1) is 11.3 Å². The molecule has 2 rings (SSSR count). The van der Waals surface area contributed by atoms with Crippen molar-refractivity contribution in [2.24, 2.45) is 0 Å². The van der Waals surface area contributed by atoms with Crippen LogP contribution in [0.4, 0.5) is 0 Å². The monoisotopic (exact) mass is 357 g/mol. The summed E-state index contributed by atoms with van der Waals surface area (Å²) in [5.74, 6) is -0.570. The largest absolute Gasteiger partial charge is 0.381 e. The molecule has 1 aromatic rings. The lowest BCUT2D eigenvalue weighted by Crippen LogP contribution is -2.39. The van der Waals surface area contributed by atoms with Crippen molar-refractivity contribution in [3.05, 3.63) is 16.3 Å². The third-order valence-electron chi connectivity index (χ3n) is 3.56. The summed E-state index contributed by atoms with van der Waals surface area (Å²) >= 11 is 1.05. The summed E-state index contributed by atoms with van der Waals surface area (Å²) < 4.78 is 31.7. The van der Waals surface area contributed by atoms with Crippen molar-refractivity contribution in [3.8, 4) is 6.07 Å². The Morgan fingerprint density at radius 1 is 1.48 bits per heavy atom. The van der Waals surface area contributed by atoms with E-state index in [1.807, 2.05) is 6.07 Å². The normalized spacial score (nSPS) is 17.4. The number of methoxy groups -OCH3 is 1. The number of nitrogens with zero attached hydrogens (tertiary/aromatic N) is 2. The van der Waals surface area contributed by atoms with Crippen LogP contribution >= 0.6 is 11.3 Å². The molecule has 2 heterocycles. The van der Waals surface area contributed by atoms with Gasteiger partial charge in [-0.05, 0) is 24.3 Å². The van der Waals surface area contributed by atoms with Crippen LogP contribution in [0.5, 0.6) is 0 Å². The van der Waals surface area contributed by atoms with Crippen molar-refractivity contribution < 1.29 is 17.9 Å². The van der Waals surface area contributed by atoms with E-state index in [2.05, 4.69) is 5.32 Å². The Morgan fingerprint density at radius 2 is 2.17 bits per heavy atom. The van der Waals surface area contributed by atoms with Crippen LogP contribution in [-0.2, 0) is 14.8 Å². The first-order valence-electron chi connectivity index (χ1n) is 7.27. The Hall–Kier alpha value is -1.47. The maximum Gasteiger partial charge on any atom is 0.263 e. The smallest absolute Gasteiger partial charge is 0.263 e. The number of sulfonamides is 1. The van der Waals surface area contributed by atoms with E-state index in [1.165, 1.54) is 17.5 Å². The number of thiophene rings is 1. The summed E-state index contributed by atoms with van der Waals surface area (Å²) in [6, 6.07) is 2.53. The number of piperidine rings is 1. The van der Waals surface area contributed by atoms with E-state index in [9.17, 15) is 13.2 Å². The second-order valence-corrected chi connectivity index (χ2v) is 8.01. The molecule has 1 aliphatic heterocycles. The Balaban J connectivity index is 2.21. The zero-order valence-electron chi connectivity index (χ0n) is 12.8. The molecular weight excluding hydrogens is 338 g/mol. The van der Waals surface area contributed by atoms with E-state index in [0.29, 0.717) is 13.1 Å². The van der Waals surface area contributed by atoms with Gasteiger partial charge >= 0.3 is 0 Å². The van der Waals surface area contributed by atoms with Gasteiger partial charge < -0.3 is 10.1 Å². The fourth-order valence-corrected chi connectivity index (χ4v) is 5.23. The van der Waals surface area contributed by atoms with Gasteiger partial charge in [0.15, 0.2) is 0 Å². The molecule has 126 valence electrons. The lowest BCUT2D eigenvalue weighted by Gasteiger charge is -2.25. The van der Waals surface area contributed by atoms with Crippen LogP contribution in [0.15, 0.2) is 16.3 Å². The van der Waals surface area contributed by atoms with Crippen LogP contribution < -0.4 is 5.32 Å². The minimum atomic E-state index is -3.68. The molecule has 7 nitrogen and oxygen atoms in total. The first kappa shape index (κ1) is 17.9. The summed E-state index contributed by atoms with van der Waals surface area (Å²) in [4.78, 5) is 12.4. The van der Waals surface area contributed by atoms with Gasteiger partial charge in [-0.3, -0.25) is 4.79 Å². The van der Waals surface area contributed by atoms with Gasteiger partial charge in [0.2, 0.25) is 10.0 Å². The van der Waals surface area contributed by atoms with Crippen LogP contribution in [0.2, 0.25) is 0 Å². The molecule has 0 aliphatic carbocycles. The second-order valence-electron chi connectivity index (χ2n) is 5.19. The molecule has 1 atom stereocenters. The number of nitriles is 1. The van der Waals surface area contributed by atoms with Crippen molar-refractivity contribution in [3.63, 3.8) is 0 Å². The van der Waals surface area contributed by atoms with Crippen molar-refractivity contribution in [2.45, 2.75) is 30.2 Å². The van der Waals surface area contributed by atoms with Crippen molar-refractivity contribution in [1.29, 1.82) is 5.26 Å². The highest BCUT2D eigenvalue weighted by Gasteiger charge is 2.31. The van der Waals surface area contributed by atoms with E-state index in [0.717, 1.165) is 30.6 Å². The van der Waals surface area contributed by atoms with E-state index >= 15 is 0 Å². The quantitative estimate of drug-likeness (QED) is 0.824. The predicted octanol–water partition coefficient (Wildman–Crippen LogP) is 1.19. The number of ether oxygens (including phenoxy) is 1. The molecule has 1 N–H and O–H groups in total. The maximum atomic E-state index is 12.7. The number of nitrogens with one attached hydrogen (secondary N) is 1. The van der Waals surface area contributed by atoms with Crippen molar-refractivity contribution >= 4 is 27.3 Å². The lowest BCUT2D eigenvalue weighted by molar-refractivity contribution is 0.0919. The minimum Gasteiger partial charge on any atom is -0.381 e. The van der Waals surface area contributed by atoms with Gasteiger partial charge in [0.1, 0.15) is 15.8 Å². The van der Waals surface area contributed by atoms with Crippen LogP contribution in [0.3, 0.4) is 0 Å². The zero-order valence-corrected chi connectivity index (χ0v) is 14.5. The molecule has 0 aromatic carbocycles. The van der Waals surface area contributed by atoms with Crippen LogP contribution in [0.1, 0.15) is 28.9 Å². The van der Waals surface area contributed by atoms with E-state index in [-0.39, 0.29) is 16.4 Å². The molecule has 1 aliphatic rings. The standard InChI is InChI=1S/C14H19N3O4S2/c1-21-10-11(9-15)16-14(18)13-12(5-8-22-13)23(19,20)17-6-3-2-4-7-17/h5,8,11H,2-4,6-7,10H2,1H3,(H,16,18)/t11-/m0/s1. The molecule has 0 saturated carbocycles. The number of hydrogen-bond donors (Lipinski definition) is 1. The second kappa shape index (κ2) is 7.88. The fourth-order valence-electron chi connectivity index (χ4n) is 2.41. The van der Waals surface area contributed by atoms with Gasteiger partial charge in [0.25, 0.3) is 5.91 Å². The highest BCUT2D eigenvalue weighted by Crippen LogP contribution is 2.27. The Labute approximate surface area is 139 Å². The summed E-state index contributed by atoms with van der Waals surface area (Å²) in [5, 5.41) is 13.0. The zero-order chi connectivity index (χ0) is 16.9. The van der Waals surface area contributed by atoms with E-state index in [4.69, 9.17) is 10.00 Å². The number of hydrogen-bond acceptors (Lipinski definition) is 6. The molecule has 1 aromatic heterocycles. The highest BCUT2D eigenvalue weighted by molar-refractivity contribution is 7.89. The van der Waals surface area contributed by atoms with Gasteiger partial charge in [0.05, 0.1) is 12.7 Å². The number of carbonyl (C=O) groups excluding carboxylic acids is 1. The molecule has 1 fully saturated rings. The molecular formula is C14H19N3O4S2. The van der Waals surface area contributed by atoms with Gasteiger partial charge in [-0.25, -0.2) is 8.42 Å². The molecule has 0 unspecified atom stereocenters. The summed E-state index contributed by atoms with van der Waals surface area (Å²) in [7, 11) is -2.26.